The zero-order valence-corrected chi connectivity index (χ0v) is 14.5. The van der Waals surface area contributed by atoms with Gasteiger partial charge in [0.2, 0.25) is 10.0 Å². The topological polar surface area (TPSA) is 107 Å². The molecule has 2 atom stereocenters. The van der Waals surface area contributed by atoms with Crippen LogP contribution in [0.3, 0.4) is 0 Å². The number of ether oxygens (including phenoxy) is 1. The van der Waals surface area contributed by atoms with Gasteiger partial charge in [0.1, 0.15) is 10.6 Å². The van der Waals surface area contributed by atoms with Gasteiger partial charge in [0.15, 0.2) is 0 Å². The average Bonchev–Trinajstić information content (AvgIpc) is 2.96. The third-order valence-electron chi connectivity index (χ3n) is 4.27. The monoisotopic (exact) mass is 344 g/mol. The van der Waals surface area contributed by atoms with Crippen molar-refractivity contribution in [2.75, 3.05) is 27.2 Å². The number of nitrogens with two attached hydrogens (primary N) is 1. The van der Waals surface area contributed by atoms with Crippen LogP contribution >= 0.6 is 0 Å². The van der Waals surface area contributed by atoms with Gasteiger partial charge in [-0.15, -0.1) is 0 Å². The molecule has 3 N–H and O–H groups in total. The highest BCUT2D eigenvalue weighted by Crippen LogP contribution is 2.27. The quantitative estimate of drug-likeness (QED) is 0.750. The van der Waals surface area contributed by atoms with Crippen molar-refractivity contribution >= 4 is 15.9 Å². The molecule has 0 radical (unpaired) electrons. The number of amides is 1. The van der Waals surface area contributed by atoms with Crippen molar-refractivity contribution in [3.05, 3.63) is 18.0 Å². The smallest absolute Gasteiger partial charge is 0.267 e. The highest BCUT2D eigenvalue weighted by molar-refractivity contribution is 7.89. The van der Waals surface area contributed by atoms with Crippen LogP contribution in [0.4, 0.5) is 0 Å². The number of nitrogens with one attached hydrogen (secondary N) is 1. The second kappa shape index (κ2) is 7.00. The van der Waals surface area contributed by atoms with Crippen molar-refractivity contribution in [2.24, 2.45) is 12.8 Å². The van der Waals surface area contributed by atoms with Gasteiger partial charge in [-0.25, -0.2) is 8.42 Å². The molecule has 1 fully saturated rings. The number of hydrogen-bond donors (Lipinski definition) is 2. The second-order valence-corrected chi connectivity index (χ2v) is 7.53. The van der Waals surface area contributed by atoms with E-state index in [1.807, 2.05) is 0 Å². The summed E-state index contributed by atoms with van der Waals surface area (Å²) in [5.41, 5.74) is 6.05. The van der Waals surface area contributed by atoms with Gasteiger partial charge < -0.3 is 20.4 Å². The number of rotatable bonds is 5. The number of nitrogens with zero attached hydrogens (tertiary/aromatic N) is 2. The number of carbonyl (C=O) groups is 1. The molecule has 0 spiro atoms. The summed E-state index contributed by atoms with van der Waals surface area (Å²) < 4.78 is 34.1. The van der Waals surface area contributed by atoms with E-state index in [1.165, 1.54) is 28.2 Å². The minimum Gasteiger partial charge on any atom is -0.381 e. The van der Waals surface area contributed by atoms with E-state index in [0.717, 1.165) is 0 Å². The number of hydrogen-bond acceptors (Lipinski definition) is 5. The normalized spacial score (nSPS) is 23.0. The minimum atomic E-state index is -3.70. The summed E-state index contributed by atoms with van der Waals surface area (Å²) in [6.07, 6.45) is 2.67. The third-order valence-corrected chi connectivity index (χ3v) is 6.18. The SMILES string of the molecule is CNC(=O)c1cc(S(=O)(=O)N2CCC(OC)CC2CN)cn1C. The Bertz CT molecular complexity index is 670. The molecule has 1 aliphatic heterocycles. The van der Waals surface area contributed by atoms with Crippen molar-refractivity contribution in [2.45, 2.75) is 29.9 Å². The third kappa shape index (κ3) is 3.42. The van der Waals surface area contributed by atoms with Crippen LogP contribution in [0.5, 0.6) is 0 Å². The summed E-state index contributed by atoms with van der Waals surface area (Å²) in [6.45, 7) is 0.584. The van der Waals surface area contributed by atoms with Crippen LogP contribution in [0.2, 0.25) is 0 Å². The first kappa shape index (κ1) is 17.9. The number of carbonyl (C=O) groups excluding carboxylic acids is 1. The molecule has 1 amide bonds. The Labute approximate surface area is 136 Å². The van der Waals surface area contributed by atoms with Gasteiger partial charge in [0, 0.05) is 46.5 Å². The van der Waals surface area contributed by atoms with Gasteiger partial charge in [-0.1, -0.05) is 0 Å². The lowest BCUT2D eigenvalue weighted by Crippen LogP contribution is -2.50. The van der Waals surface area contributed by atoms with Crippen molar-refractivity contribution in [3.8, 4) is 0 Å². The molecule has 1 aromatic rings. The van der Waals surface area contributed by atoms with E-state index in [-0.39, 0.29) is 29.5 Å². The molecular weight excluding hydrogens is 320 g/mol. The Kier molecular flexibility index (Phi) is 5.45. The molecule has 1 aromatic heterocycles. The van der Waals surface area contributed by atoms with Crippen molar-refractivity contribution < 1.29 is 17.9 Å². The van der Waals surface area contributed by atoms with E-state index in [4.69, 9.17) is 10.5 Å². The van der Waals surface area contributed by atoms with Gasteiger partial charge in [-0.3, -0.25) is 4.79 Å². The van der Waals surface area contributed by atoms with Crippen LogP contribution in [0.1, 0.15) is 23.3 Å². The highest BCUT2D eigenvalue weighted by atomic mass is 32.2. The molecular formula is C14H24N4O4S. The van der Waals surface area contributed by atoms with E-state index in [0.29, 0.717) is 25.1 Å². The Morgan fingerprint density at radius 3 is 2.78 bits per heavy atom. The molecule has 8 nitrogen and oxygen atoms in total. The van der Waals surface area contributed by atoms with E-state index < -0.39 is 10.0 Å². The first-order valence-electron chi connectivity index (χ1n) is 7.48. The predicted molar refractivity (Wildman–Crippen MR) is 85.6 cm³/mol. The summed E-state index contributed by atoms with van der Waals surface area (Å²) in [4.78, 5) is 11.9. The lowest BCUT2D eigenvalue weighted by molar-refractivity contribution is 0.0401. The van der Waals surface area contributed by atoms with Crippen LogP contribution < -0.4 is 11.1 Å². The maximum absolute atomic E-state index is 12.9. The fourth-order valence-corrected chi connectivity index (χ4v) is 4.63. The largest absolute Gasteiger partial charge is 0.381 e. The lowest BCUT2D eigenvalue weighted by atomic mass is 10.0. The van der Waals surface area contributed by atoms with Crippen molar-refractivity contribution in [1.29, 1.82) is 0 Å². The Morgan fingerprint density at radius 2 is 2.22 bits per heavy atom. The summed E-state index contributed by atoms with van der Waals surface area (Å²) in [5.74, 6) is -0.331. The molecule has 0 aromatic carbocycles. The van der Waals surface area contributed by atoms with Crippen LogP contribution in [-0.4, -0.2) is 62.6 Å². The Balaban J connectivity index is 2.32. The van der Waals surface area contributed by atoms with Gasteiger partial charge in [-0.05, 0) is 18.9 Å². The molecule has 130 valence electrons. The average molecular weight is 344 g/mol. The van der Waals surface area contributed by atoms with Crippen LogP contribution in [-0.2, 0) is 21.8 Å². The van der Waals surface area contributed by atoms with Crippen molar-refractivity contribution in [3.63, 3.8) is 0 Å². The predicted octanol–water partition coefficient (Wildman–Crippen LogP) is -0.488. The summed E-state index contributed by atoms with van der Waals surface area (Å²) in [5, 5.41) is 2.50. The molecule has 2 rings (SSSR count). The van der Waals surface area contributed by atoms with Gasteiger partial charge in [0.05, 0.1) is 6.10 Å². The van der Waals surface area contributed by atoms with Gasteiger partial charge in [-0.2, -0.15) is 4.31 Å². The number of piperidine rings is 1. The number of sulfonamides is 1. The number of aromatic nitrogens is 1. The molecule has 2 unspecified atom stereocenters. The Hall–Kier alpha value is -1.42. The summed E-state index contributed by atoms with van der Waals surface area (Å²) in [7, 11) is 1.06. The van der Waals surface area contributed by atoms with E-state index in [9.17, 15) is 13.2 Å². The summed E-state index contributed by atoms with van der Waals surface area (Å²) >= 11 is 0. The Morgan fingerprint density at radius 1 is 1.52 bits per heavy atom. The molecule has 1 saturated heterocycles. The van der Waals surface area contributed by atoms with Crippen molar-refractivity contribution in [1.82, 2.24) is 14.2 Å². The molecule has 0 saturated carbocycles. The zero-order chi connectivity index (χ0) is 17.2. The van der Waals surface area contributed by atoms with Gasteiger partial charge in [0.25, 0.3) is 5.91 Å². The second-order valence-electron chi connectivity index (χ2n) is 5.64. The molecule has 9 heteroatoms. The summed E-state index contributed by atoms with van der Waals surface area (Å²) in [6, 6.07) is 1.09. The molecule has 2 heterocycles. The highest BCUT2D eigenvalue weighted by Gasteiger charge is 2.37. The fourth-order valence-electron chi connectivity index (χ4n) is 2.90. The van der Waals surface area contributed by atoms with Crippen LogP contribution in [0.15, 0.2) is 17.2 Å². The minimum absolute atomic E-state index is 0.0206. The van der Waals surface area contributed by atoms with E-state index in [1.54, 1.807) is 14.2 Å². The number of methoxy groups -OCH3 is 1. The molecule has 1 aliphatic rings. The van der Waals surface area contributed by atoms with Crippen LogP contribution in [0.25, 0.3) is 0 Å². The maximum Gasteiger partial charge on any atom is 0.267 e. The number of aryl methyl sites for hydroxylation is 1. The van der Waals surface area contributed by atoms with E-state index in [2.05, 4.69) is 5.32 Å². The zero-order valence-electron chi connectivity index (χ0n) is 13.7. The molecule has 23 heavy (non-hydrogen) atoms. The first-order chi connectivity index (χ1) is 10.8. The van der Waals surface area contributed by atoms with E-state index >= 15 is 0 Å². The first-order valence-corrected chi connectivity index (χ1v) is 8.92. The van der Waals surface area contributed by atoms with Crippen LogP contribution in [0, 0.1) is 0 Å². The standard InChI is InChI=1S/C14H24N4O4S/c1-16-14(19)13-7-12(9-17(13)2)23(20,21)18-5-4-11(22-3)6-10(18)8-15/h7,9-11H,4-6,8,15H2,1-3H3,(H,16,19). The maximum atomic E-state index is 12.9. The lowest BCUT2D eigenvalue weighted by Gasteiger charge is -2.37. The van der Waals surface area contributed by atoms with Gasteiger partial charge >= 0.3 is 0 Å². The fraction of sp³-hybridized carbons (Fsp3) is 0.643. The molecule has 0 aliphatic carbocycles. The molecule has 0 bridgehead atoms.